The molecule has 3 unspecified atom stereocenters. The van der Waals surface area contributed by atoms with Gasteiger partial charge in [-0.1, -0.05) is 50.6 Å². The summed E-state index contributed by atoms with van der Waals surface area (Å²) < 4.78 is 81.6. The van der Waals surface area contributed by atoms with Gasteiger partial charge in [-0.3, -0.25) is 24.5 Å². The number of allylic oxidation sites excluding steroid dienone is 3. The fourth-order valence-corrected chi connectivity index (χ4v) is 17.2. The molecule has 7 fully saturated rings. The molecule has 6 saturated heterocycles. The molecule has 1 spiro atoms. The molecule has 0 aromatic heterocycles. The minimum atomic E-state index is -2.36. The largest absolute Gasteiger partial charge is 0.511 e. The first kappa shape index (κ1) is 71.7. The summed E-state index contributed by atoms with van der Waals surface area (Å²) in [5, 5.41) is 69.9. The van der Waals surface area contributed by atoms with Crippen LogP contribution < -0.4 is 0 Å². The fourth-order valence-electron chi connectivity index (χ4n) is 17.2. The molecule has 26 heteroatoms. The van der Waals surface area contributed by atoms with Crippen molar-refractivity contribution in [1.29, 1.82) is 0 Å². The number of hydrogen-bond acceptors (Lipinski definition) is 24. The number of carboxylic acid groups (broad SMARTS) is 1. The zero-order valence-electron chi connectivity index (χ0n) is 56.0. The lowest BCUT2D eigenvalue weighted by Gasteiger charge is -2.56. The lowest BCUT2D eigenvalue weighted by Crippen LogP contribution is -2.57. The number of methoxy groups -OCH3 is 1. The summed E-state index contributed by atoms with van der Waals surface area (Å²) in [7, 11) is 1.20. The van der Waals surface area contributed by atoms with E-state index in [4.69, 9.17) is 61.6 Å². The van der Waals surface area contributed by atoms with Gasteiger partial charge < -0.3 is 87.1 Å². The van der Waals surface area contributed by atoms with E-state index in [9.17, 15) is 54.8 Å². The van der Waals surface area contributed by atoms with E-state index < -0.39 is 221 Å². The van der Waals surface area contributed by atoms with E-state index in [1.165, 1.54) is 27.0 Å². The number of hydrogen-bond donors (Lipinski definition) is 5. The maximum atomic E-state index is 15.6. The van der Waals surface area contributed by atoms with Gasteiger partial charge in [0.2, 0.25) is 11.3 Å². The highest BCUT2D eigenvalue weighted by molar-refractivity contribution is 6.26. The quantitative estimate of drug-likeness (QED) is 0.0284. The van der Waals surface area contributed by atoms with Gasteiger partial charge in [0, 0.05) is 73.7 Å². The number of fused-ring (bicyclic) bond motifs is 4. The Kier molecular flexibility index (Phi) is 21.7. The molecule has 6 aliphatic heterocycles. The van der Waals surface area contributed by atoms with Crippen molar-refractivity contribution in [3.05, 3.63) is 68.5 Å². The highest BCUT2D eigenvalue weighted by Gasteiger charge is 2.65. The van der Waals surface area contributed by atoms with Crippen molar-refractivity contribution in [1.82, 2.24) is 0 Å². The topological polar surface area (TPSA) is 350 Å². The minimum Gasteiger partial charge on any atom is -0.511 e. The SMILES string of the molecule is COC(=O)C[C@H]1[C@@H](C)O[C@@H](O[C@H]2C/C=C(\C)[C@@H]3C=C[C@@H]4[C@@H](O[C@H]5C[C@@H](O[C@H]6CCC(O[C@H]7C[C@@H](O)C(O[C@H]8CC[C@@H](O)[C@H](C)O8)[C@H](C)O7)[C@H](C)O6)[C@@H](OC(C)=O)[C@H](C)O5)[C@@H](C)C[C@H](C)[C@H]4[C@]3(C)C(O)=C3C(=O)OC4(CC(C(=O)O)=C[C@H](O)[C@H]4C=C2C)C3=O)C[C@]1(C)[N+](=O)[O-]. The molecular weight excluding hydrogens is 1230 g/mol. The van der Waals surface area contributed by atoms with Crippen molar-refractivity contribution >= 4 is 29.7 Å². The van der Waals surface area contributed by atoms with Crippen molar-refractivity contribution in [2.75, 3.05) is 7.11 Å². The number of esters is 3. The number of aliphatic carboxylic acids is 1. The van der Waals surface area contributed by atoms with Crippen LogP contribution >= 0.6 is 0 Å². The Labute approximate surface area is 548 Å². The second-order valence-electron chi connectivity index (χ2n) is 28.6. The number of carbonyl (C=O) groups is 5. The molecular formula is C68H97NO25. The highest BCUT2D eigenvalue weighted by atomic mass is 16.8. The molecule has 94 heavy (non-hydrogen) atoms. The summed E-state index contributed by atoms with van der Waals surface area (Å²) in [6.07, 6.45) is -4.97. The van der Waals surface area contributed by atoms with Crippen LogP contribution in [0.4, 0.5) is 0 Å². The standard InChI is InChI=1S/C68H97NO25/c1-30-14-18-48(89-56-29-66(11,69(80)81)43(34(5)83-56)25-51(74)82-13)31(2)23-44-46(72)24-40(64(77)78)28-68(44)63(76)57(65(79)94-68)62(75)67(12)42(30)16-15-41-58(67)32(3)22-33(4)59(41)93-55-27-50(61(38(9)87-55)88-39(10)70)91-52-21-19-49(36(7)85-52)90-54-26-47(73)60(37(8)86-54)92-53-20-17-45(71)35(6)84-53/h14-16,23-24,32-38,41-50,52-56,58-61,71-73,75H,17-22,25-29H2,1-13H3,(H,77,78)/b30-14+,31-23?,62-57?/t32-,33-,34+,35-,36-,37-,38-,41-,42-,43-,44+,45+,46-,47+,48-,49?,50+,52-,53-,54-,55-,56-,58+,59-,60?,61-,66-,67+,68?/m0/s1. The molecule has 10 rings (SSSR count). The zero-order valence-corrected chi connectivity index (χ0v) is 56.0. The van der Waals surface area contributed by atoms with Crippen LogP contribution in [-0.2, 0) is 85.6 Å². The Morgan fingerprint density at radius 3 is 1.98 bits per heavy atom. The van der Waals surface area contributed by atoms with Crippen molar-refractivity contribution in [2.24, 2.45) is 46.8 Å². The van der Waals surface area contributed by atoms with Gasteiger partial charge >= 0.3 is 23.9 Å². The van der Waals surface area contributed by atoms with Gasteiger partial charge in [-0.05, 0) is 104 Å². The molecule has 1 saturated carbocycles. The summed E-state index contributed by atoms with van der Waals surface area (Å²) >= 11 is 0. The van der Waals surface area contributed by atoms with Crippen LogP contribution in [-0.4, -0.2) is 195 Å². The molecule has 26 nitrogen and oxygen atoms in total. The molecule has 0 aromatic rings. The fraction of sp³-hybridized carbons (Fsp3) is 0.779. The highest BCUT2D eigenvalue weighted by Crippen LogP contribution is 2.61. The Morgan fingerprint density at radius 2 is 1.33 bits per heavy atom. The summed E-state index contributed by atoms with van der Waals surface area (Å²) in [4.78, 5) is 80.9. The number of rotatable bonds is 15. The number of aliphatic hydroxyl groups excluding tert-OH is 4. The Bertz CT molecular complexity index is 3010. The van der Waals surface area contributed by atoms with E-state index in [0.29, 0.717) is 43.3 Å². The number of carboxylic acids is 1. The predicted octanol–water partition coefficient (Wildman–Crippen LogP) is 6.70. The van der Waals surface area contributed by atoms with Gasteiger partial charge in [0.1, 0.15) is 23.5 Å². The Balaban J connectivity index is 0.910. The number of ketones is 1. The molecule has 0 amide bonds. The van der Waals surface area contributed by atoms with Crippen LogP contribution in [0.2, 0.25) is 0 Å². The molecule has 10 aliphatic rings. The molecule has 29 atom stereocenters. The molecule has 2 bridgehead atoms. The van der Waals surface area contributed by atoms with Crippen LogP contribution in [0.1, 0.15) is 154 Å². The third-order valence-electron chi connectivity index (χ3n) is 22.2. The van der Waals surface area contributed by atoms with Gasteiger partial charge in [-0.15, -0.1) is 0 Å². The smallest absolute Gasteiger partial charge is 0.346 e. The van der Waals surface area contributed by atoms with Crippen LogP contribution in [0.5, 0.6) is 0 Å². The van der Waals surface area contributed by atoms with Gasteiger partial charge in [0.25, 0.3) is 0 Å². The summed E-state index contributed by atoms with van der Waals surface area (Å²) in [5.41, 5.74) is -5.57. The van der Waals surface area contributed by atoms with Gasteiger partial charge in [0.15, 0.2) is 43.2 Å². The van der Waals surface area contributed by atoms with E-state index >= 15 is 4.79 Å². The van der Waals surface area contributed by atoms with Crippen LogP contribution in [0.3, 0.4) is 0 Å². The number of nitro groups is 1. The average Bonchev–Trinajstić information content (AvgIpc) is 1.37. The van der Waals surface area contributed by atoms with E-state index in [2.05, 4.69) is 6.92 Å². The lowest BCUT2D eigenvalue weighted by atomic mass is 9.49. The number of nitrogens with zero attached hydrogens (tertiary/aromatic N) is 1. The number of ether oxygens (including phenoxy) is 13. The van der Waals surface area contributed by atoms with Crippen LogP contribution in [0.25, 0.3) is 0 Å². The van der Waals surface area contributed by atoms with Crippen molar-refractivity contribution in [2.45, 2.75) is 282 Å². The van der Waals surface area contributed by atoms with Crippen LogP contribution in [0, 0.1) is 57.0 Å². The number of Topliss-reactive ketones (excluding diaryl/α,β-unsaturated/α-hetero) is 1. The molecule has 4 aliphatic carbocycles. The first-order valence-corrected chi connectivity index (χ1v) is 33.4. The monoisotopic (exact) mass is 1330 g/mol. The second-order valence-corrected chi connectivity index (χ2v) is 28.6. The molecule has 6 heterocycles. The Hall–Kier alpha value is -5.07. The minimum absolute atomic E-state index is 0.0858. The van der Waals surface area contributed by atoms with E-state index in [1.54, 1.807) is 41.5 Å². The van der Waals surface area contributed by atoms with Crippen molar-refractivity contribution in [3.8, 4) is 0 Å². The normalized spacial score (nSPS) is 46.5. The maximum Gasteiger partial charge on any atom is 0.346 e. The van der Waals surface area contributed by atoms with Gasteiger partial charge in [-0.2, -0.15) is 0 Å². The predicted molar refractivity (Wildman–Crippen MR) is 328 cm³/mol. The summed E-state index contributed by atoms with van der Waals surface area (Å²) in [6.45, 7) is 21.0. The molecule has 5 N–H and O–H groups in total. The Morgan fingerprint density at radius 1 is 0.702 bits per heavy atom. The van der Waals surface area contributed by atoms with Gasteiger partial charge in [-0.25, -0.2) is 9.59 Å². The summed E-state index contributed by atoms with van der Waals surface area (Å²) in [6, 6.07) is 0. The van der Waals surface area contributed by atoms with Crippen LogP contribution in [0.15, 0.2) is 58.4 Å². The van der Waals surface area contributed by atoms with E-state index in [1.807, 2.05) is 39.0 Å². The lowest BCUT2D eigenvalue weighted by molar-refractivity contribution is -0.592. The molecule has 524 valence electrons. The third kappa shape index (κ3) is 14.0. The van der Waals surface area contributed by atoms with Gasteiger partial charge in [0.05, 0.1) is 98.9 Å². The van der Waals surface area contributed by atoms with Crippen molar-refractivity contribution < 1.29 is 116 Å². The zero-order chi connectivity index (χ0) is 68.4. The third-order valence-corrected chi connectivity index (χ3v) is 22.2. The second kappa shape index (κ2) is 28.4. The van der Waals surface area contributed by atoms with Crippen molar-refractivity contribution in [3.63, 3.8) is 0 Å². The average molecular weight is 1330 g/mol. The number of carbonyl (C=O) groups excluding carboxylic acids is 4. The number of aliphatic hydroxyl groups is 4. The first-order chi connectivity index (χ1) is 44.3. The van der Waals surface area contributed by atoms with E-state index in [-0.39, 0.29) is 43.9 Å². The molecule has 0 radical (unpaired) electrons. The maximum absolute atomic E-state index is 15.6. The molecule has 0 aromatic carbocycles. The summed E-state index contributed by atoms with van der Waals surface area (Å²) in [5.74, 6) is -9.97. The first-order valence-electron chi connectivity index (χ1n) is 33.4. The van der Waals surface area contributed by atoms with E-state index in [0.717, 1.165) is 6.08 Å².